The van der Waals surface area contributed by atoms with Crippen LogP contribution < -0.4 is 0 Å². The Bertz CT molecular complexity index is 385. The van der Waals surface area contributed by atoms with Crippen LogP contribution in [-0.2, 0) is 11.3 Å². The topological polar surface area (TPSA) is 60.2 Å². The number of aliphatic hydroxyl groups is 1. The summed E-state index contributed by atoms with van der Waals surface area (Å²) in [6, 6.07) is 0. The van der Waals surface area contributed by atoms with Crippen LogP contribution in [0.2, 0.25) is 0 Å². The van der Waals surface area contributed by atoms with Crippen molar-refractivity contribution in [3.05, 3.63) is 11.6 Å². The van der Waals surface area contributed by atoms with Gasteiger partial charge in [-0.2, -0.15) is 0 Å². The van der Waals surface area contributed by atoms with Crippen molar-refractivity contribution in [1.29, 1.82) is 0 Å². The average molecular weight is 237 g/mol. The minimum absolute atomic E-state index is 0.113. The van der Waals surface area contributed by atoms with Gasteiger partial charge in [0.1, 0.15) is 11.9 Å². The van der Waals surface area contributed by atoms with Crippen LogP contribution in [0.25, 0.3) is 0 Å². The van der Waals surface area contributed by atoms with Gasteiger partial charge in [-0.3, -0.25) is 0 Å². The molecular formula is C12H19N3O2. The van der Waals surface area contributed by atoms with E-state index >= 15 is 0 Å². The molecule has 0 aliphatic carbocycles. The van der Waals surface area contributed by atoms with Gasteiger partial charge in [-0.05, 0) is 32.1 Å². The first kappa shape index (κ1) is 11.2. The molecule has 2 aliphatic heterocycles. The number of nitrogens with zero attached hydrogens (tertiary/aromatic N) is 3. The summed E-state index contributed by atoms with van der Waals surface area (Å²) in [5, 5.41) is 17.9. The van der Waals surface area contributed by atoms with Gasteiger partial charge in [-0.15, -0.1) is 10.2 Å². The maximum Gasteiger partial charge on any atom is 0.162 e. The Morgan fingerprint density at radius 1 is 1.18 bits per heavy atom. The number of fused-ring (bicyclic) bond motifs is 1. The molecule has 0 spiro atoms. The molecule has 0 aromatic carbocycles. The molecule has 0 saturated carbocycles. The lowest BCUT2D eigenvalue weighted by Gasteiger charge is -2.26. The van der Waals surface area contributed by atoms with E-state index < -0.39 is 0 Å². The third-order valence-corrected chi connectivity index (χ3v) is 3.80. The second kappa shape index (κ2) is 4.74. The lowest BCUT2D eigenvalue weighted by atomic mass is 9.99. The van der Waals surface area contributed by atoms with Gasteiger partial charge < -0.3 is 14.4 Å². The predicted molar refractivity (Wildman–Crippen MR) is 61.6 cm³/mol. The van der Waals surface area contributed by atoms with Crippen molar-refractivity contribution in [2.75, 3.05) is 13.2 Å². The largest absolute Gasteiger partial charge is 0.396 e. The SMILES string of the molecule is OCC1CCCn2c1nnc2C1CCCCO1. The van der Waals surface area contributed by atoms with Crippen molar-refractivity contribution >= 4 is 0 Å². The van der Waals surface area contributed by atoms with E-state index in [0.29, 0.717) is 0 Å². The number of aliphatic hydroxyl groups excluding tert-OH is 1. The number of hydrogen-bond donors (Lipinski definition) is 1. The van der Waals surface area contributed by atoms with Gasteiger partial charge in [0.05, 0.1) is 6.61 Å². The fraction of sp³-hybridized carbons (Fsp3) is 0.833. The molecule has 1 saturated heterocycles. The van der Waals surface area contributed by atoms with E-state index in [1.807, 2.05) is 0 Å². The van der Waals surface area contributed by atoms with Crippen LogP contribution in [0, 0.1) is 0 Å². The first-order chi connectivity index (χ1) is 8.40. The minimum Gasteiger partial charge on any atom is -0.396 e. The lowest BCUT2D eigenvalue weighted by molar-refractivity contribution is 0.00660. The van der Waals surface area contributed by atoms with Gasteiger partial charge >= 0.3 is 0 Å². The monoisotopic (exact) mass is 237 g/mol. The van der Waals surface area contributed by atoms with Gasteiger partial charge in [0.2, 0.25) is 0 Å². The molecule has 0 bridgehead atoms. The minimum atomic E-state index is 0.113. The highest BCUT2D eigenvalue weighted by Crippen LogP contribution is 2.32. The second-order valence-electron chi connectivity index (χ2n) is 4.94. The van der Waals surface area contributed by atoms with Crippen LogP contribution in [-0.4, -0.2) is 33.1 Å². The summed E-state index contributed by atoms with van der Waals surface area (Å²) in [5.41, 5.74) is 0. The molecule has 5 heteroatoms. The average Bonchev–Trinajstić information content (AvgIpc) is 2.83. The van der Waals surface area contributed by atoms with Gasteiger partial charge in [0.15, 0.2) is 5.82 Å². The Hall–Kier alpha value is -0.940. The van der Waals surface area contributed by atoms with Gasteiger partial charge in [0.25, 0.3) is 0 Å². The summed E-state index contributed by atoms with van der Waals surface area (Å²) in [5.74, 6) is 2.08. The molecule has 17 heavy (non-hydrogen) atoms. The van der Waals surface area contributed by atoms with E-state index in [4.69, 9.17) is 4.74 Å². The molecule has 0 amide bonds. The third kappa shape index (κ3) is 1.98. The first-order valence-electron chi connectivity index (χ1n) is 6.55. The molecule has 1 aromatic rings. The molecule has 94 valence electrons. The van der Waals surface area contributed by atoms with E-state index in [0.717, 1.165) is 50.5 Å². The predicted octanol–water partition coefficient (Wildman–Crippen LogP) is 1.39. The van der Waals surface area contributed by atoms with Crippen molar-refractivity contribution < 1.29 is 9.84 Å². The Kier molecular flexibility index (Phi) is 3.11. The van der Waals surface area contributed by atoms with E-state index in [2.05, 4.69) is 14.8 Å². The Labute approximate surface area is 101 Å². The van der Waals surface area contributed by atoms with Crippen LogP contribution in [0.5, 0.6) is 0 Å². The van der Waals surface area contributed by atoms with Gasteiger partial charge in [-0.25, -0.2) is 0 Å². The summed E-state index contributed by atoms with van der Waals surface area (Å²) in [6.45, 7) is 1.97. The van der Waals surface area contributed by atoms with Crippen LogP contribution in [0.1, 0.15) is 55.8 Å². The molecule has 2 aliphatic rings. The maximum atomic E-state index is 9.35. The summed E-state index contributed by atoms with van der Waals surface area (Å²) >= 11 is 0. The molecule has 3 heterocycles. The van der Waals surface area contributed by atoms with Gasteiger partial charge in [-0.1, -0.05) is 0 Å². The van der Waals surface area contributed by atoms with Crippen molar-refractivity contribution in [1.82, 2.24) is 14.8 Å². The molecular weight excluding hydrogens is 218 g/mol. The normalized spacial score (nSPS) is 29.0. The van der Waals surface area contributed by atoms with Crippen molar-refractivity contribution in [2.24, 2.45) is 0 Å². The van der Waals surface area contributed by atoms with E-state index in [1.54, 1.807) is 0 Å². The van der Waals surface area contributed by atoms with E-state index in [-0.39, 0.29) is 18.6 Å². The van der Waals surface area contributed by atoms with Crippen LogP contribution in [0.4, 0.5) is 0 Å². The molecule has 5 nitrogen and oxygen atoms in total. The van der Waals surface area contributed by atoms with Gasteiger partial charge in [0, 0.05) is 19.1 Å². The van der Waals surface area contributed by atoms with E-state index in [1.165, 1.54) is 6.42 Å². The Balaban J connectivity index is 1.88. The highest BCUT2D eigenvalue weighted by molar-refractivity contribution is 5.07. The Morgan fingerprint density at radius 2 is 2.06 bits per heavy atom. The lowest BCUT2D eigenvalue weighted by Crippen LogP contribution is -2.23. The summed E-state index contributed by atoms with van der Waals surface area (Å²) in [4.78, 5) is 0. The van der Waals surface area contributed by atoms with Crippen molar-refractivity contribution in [2.45, 2.75) is 50.7 Å². The number of aromatic nitrogens is 3. The van der Waals surface area contributed by atoms with E-state index in [9.17, 15) is 5.11 Å². The quantitative estimate of drug-likeness (QED) is 0.844. The smallest absolute Gasteiger partial charge is 0.162 e. The molecule has 0 radical (unpaired) electrons. The molecule has 1 aromatic heterocycles. The fourth-order valence-electron chi connectivity index (χ4n) is 2.84. The van der Waals surface area contributed by atoms with Crippen LogP contribution >= 0.6 is 0 Å². The van der Waals surface area contributed by atoms with Crippen LogP contribution in [0.15, 0.2) is 0 Å². The van der Waals surface area contributed by atoms with Crippen molar-refractivity contribution in [3.8, 4) is 0 Å². The third-order valence-electron chi connectivity index (χ3n) is 3.80. The second-order valence-corrected chi connectivity index (χ2v) is 4.94. The zero-order valence-corrected chi connectivity index (χ0v) is 10.0. The highest BCUT2D eigenvalue weighted by Gasteiger charge is 2.29. The number of ether oxygens (including phenoxy) is 1. The summed E-state index contributed by atoms with van der Waals surface area (Å²) in [7, 11) is 0. The molecule has 2 atom stereocenters. The van der Waals surface area contributed by atoms with Crippen LogP contribution in [0.3, 0.4) is 0 Å². The molecule has 1 N–H and O–H groups in total. The standard InChI is InChI=1S/C12H19N3O2/c16-8-9-4-3-6-15-11(9)13-14-12(15)10-5-1-2-7-17-10/h9-10,16H,1-8H2. The Morgan fingerprint density at radius 3 is 2.82 bits per heavy atom. The highest BCUT2D eigenvalue weighted by atomic mass is 16.5. The van der Waals surface area contributed by atoms with Crippen molar-refractivity contribution in [3.63, 3.8) is 0 Å². The molecule has 2 unspecified atom stereocenters. The summed E-state index contributed by atoms with van der Waals surface area (Å²) < 4.78 is 7.94. The fourth-order valence-corrected chi connectivity index (χ4v) is 2.84. The zero-order valence-electron chi connectivity index (χ0n) is 10.0. The number of hydrogen-bond acceptors (Lipinski definition) is 4. The maximum absolute atomic E-state index is 9.35. The first-order valence-corrected chi connectivity index (χ1v) is 6.55. The number of rotatable bonds is 2. The molecule has 3 rings (SSSR count). The zero-order chi connectivity index (χ0) is 11.7. The molecule has 1 fully saturated rings. The summed E-state index contributed by atoms with van der Waals surface area (Å²) in [6.07, 6.45) is 5.62.